The van der Waals surface area contributed by atoms with E-state index in [4.69, 9.17) is 0 Å². The molecule has 5 heteroatoms. The van der Waals surface area contributed by atoms with Crippen LogP contribution in [0.15, 0.2) is 17.9 Å². The van der Waals surface area contributed by atoms with Crippen LogP contribution in [0.2, 0.25) is 0 Å². The summed E-state index contributed by atoms with van der Waals surface area (Å²) in [6, 6.07) is 3.98. The van der Waals surface area contributed by atoms with Crippen LogP contribution in [0.4, 0.5) is 0 Å². The highest BCUT2D eigenvalue weighted by Gasteiger charge is 2.47. The van der Waals surface area contributed by atoms with Gasteiger partial charge in [-0.25, -0.2) is 0 Å². The van der Waals surface area contributed by atoms with Gasteiger partial charge in [0, 0.05) is 55.7 Å². The van der Waals surface area contributed by atoms with Crippen molar-refractivity contribution in [3.8, 4) is 11.8 Å². The molecule has 1 atom stereocenters. The van der Waals surface area contributed by atoms with Crippen LogP contribution in [0, 0.1) is 31.1 Å². The Morgan fingerprint density at radius 2 is 1.79 bits per heavy atom. The largest absolute Gasteiger partial charge is 0.598 e. The number of rotatable bonds is 3. The number of allylic oxidation sites excluding steroid dienone is 2. The van der Waals surface area contributed by atoms with Crippen LogP contribution in [0.1, 0.15) is 67.7 Å². The van der Waals surface area contributed by atoms with Gasteiger partial charge in [0.05, 0.1) is 5.57 Å². The first-order chi connectivity index (χ1) is 13.8. The zero-order valence-electron chi connectivity index (χ0n) is 17.5. The Morgan fingerprint density at radius 3 is 2.31 bits per heavy atom. The van der Waals surface area contributed by atoms with Gasteiger partial charge in [-0.3, -0.25) is 4.79 Å². The summed E-state index contributed by atoms with van der Waals surface area (Å²) < 4.78 is 14.5. The standard InChI is InChI=1S/C24H29NO3S/c1-4-5-18-12-16(2)22(17(3)13-18)23-20(26)14-24(15-21(23)27)8-10-25(11-9-24)29(28)19-6-7-19/h12-13,19,26H,6-11,14-15H2,1-3H3. The van der Waals surface area contributed by atoms with Gasteiger partial charge in [-0.05, 0) is 67.9 Å². The number of ketones is 1. The number of aliphatic hydroxyl groups is 1. The molecule has 1 aromatic rings. The molecule has 0 radical (unpaired) electrons. The predicted molar refractivity (Wildman–Crippen MR) is 117 cm³/mol. The third kappa shape index (κ3) is 3.99. The number of nitrogens with zero attached hydrogens (tertiary/aromatic N) is 1. The van der Waals surface area contributed by atoms with Crippen LogP contribution < -0.4 is 0 Å². The molecule has 0 bridgehead atoms. The second-order valence-corrected chi connectivity index (χ2v) is 10.6. The Hall–Kier alpha value is -1.74. The van der Waals surface area contributed by atoms with E-state index < -0.39 is 11.4 Å². The molecule has 1 unspecified atom stereocenters. The maximum absolute atomic E-state index is 13.2. The third-order valence-electron chi connectivity index (χ3n) is 6.54. The molecule has 0 aromatic heterocycles. The van der Waals surface area contributed by atoms with E-state index in [-0.39, 0.29) is 17.0 Å². The Bertz CT molecular complexity index is 904. The lowest BCUT2D eigenvalue weighted by Crippen LogP contribution is -2.46. The quantitative estimate of drug-likeness (QED) is 0.598. The molecule has 2 aliphatic carbocycles. The maximum atomic E-state index is 13.2. The monoisotopic (exact) mass is 411 g/mol. The van der Waals surface area contributed by atoms with Crippen LogP contribution in [-0.4, -0.2) is 38.1 Å². The van der Waals surface area contributed by atoms with Crippen LogP contribution in [0.5, 0.6) is 0 Å². The van der Waals surface area contributed by atoms with Gasteiger partial charge >= 0.3 is 0 Å². The van der Waals surface area contributed by atoms with E-state index in [9.17, 15) is 14.5 Å². The van der Waals surface area contributed by atoms with Gasteiger partial charge in [0.2, 0.25) is 0 Å². The summed E-state index contributed by atoms with van der Waals surface area (Å²) >= 11 is -0.870. The number of carbonyl (C=O) groups is 1. The number of hydrogen-bond donors (Lipinski definition) is 1. The van der Waals surface area contributed by atoms with E-state index in [2.05, 4.69) is 16.1 Å². The van der Waals surface area contributed by atoms with Crippen molar-refractivity contribution >= 4 is 22.7 Å². The summed E-state index contributed by atoms with van der Waals surface area (Å²) in [7, 11) is 0. The van der Waals surface area contributed by atoms with Gasteiger partial charge < -0.3 is 9.66 Å². The molecule has 1 N–H and O–H groups in total. The summed E-state index contributed by atoms with van der Waals surface area (Å²) in [4.78, 5) is 13.2. The fourth-order valence-electron chi connectivity index (χ4n) is 4.93. The molecule has 1 saturated heterocycles. The third-order valence-corrected chi connectivity index (χ3v) is 8.46. The van der Waals surface area contributed by atoms with Crippen molar-refractivity contribution in [3.63, 3.8) is 0 Å². The van der Waals surface area contributed by atoms with Gasteiger partial charge in [-0.2, -0.15) is 0 Å². The minimum atomic E-state index is -0.870. The molecule has 1 spiro atoms. The molecule has 1 aromatic carbocycles. The summed E-state index contributed by atoms with van der Waals surface area (Å²) in [5.74, 6) is 6.24. The Kier molecular flexibility index (Phi) is 5.54. The fraction of sp³-hybridized carbons (Fsp3) is 0.542. The highest BCUT2D eigenvalue weighted by molar-refractivity contribution is 7.90. The van der Waals surface area contributed by atoms with Crippen LogP contribution >= 0.6 is 0 Å². The molecule has 29 heavy (non-hydrogen) atoms. The molecule has 1 heterocycles. The molecule has 1 aliphatic heterocycles. The number of benzene rings is 1. The van der Waals surface area contributed by atoms with Crippen LogP contribution in [0.25, 0.3) is 5.57 Å². The van der Waals surface area contributed by atoms with Crippen LogP contribution in [-0.2, 0) is 16.2 Å². The number of aryl methyl sites for hydroxylation is 2. The minimum absolute atomic E-state index is 0.0334. The SMILES string of the molecule is CC#Cc1cc(C)c(C2=C(O)CC3(CCN([S+]([O-])C4CC4)CC3)CC2=O)c(C)c1. The molecular weight excluding hydrogens is 382 g/mol. The lowest BCUT2D eigenvalue weighted by Gasteiger charge is -2.43. The normalized spacial score (nSPS) is 23.1. The first-order valence-electron chi connectivity index (χ1n) is 10.5. The van der Waals surface area contributed by atoms with Crippen molar-refractivity contribution in [3.05, 3.63) is 40.1 Å². The summed E-state index contributed by atoms with van der Waals surface area (Å²) in [5, 5.41) is 11.3. The molecule has 3 aliphatic rings. The van der Waals surface area contributed by atoms with Crippen molar-refractivity contribution < 1.29 is 14.5 Å². The van der Waals surface area contributed by atoms with E-state index in [1.165, 1.54) is 0 Å². The molecule has 0 amide bonds. The Morgan fingerprint density at radius 1 is 1.17 bits per heavy atom. The van der Waals surface area contributed by atoms with Gasteiger partial charge in [0.15, 0.2) is 5.78 Å². The average molecular weight is 412 g/mol. The van der Waals surface area contributed by atoms with Crippen molar-refractivity contribution in [1.82, 2.24) is 4.31 Å². The van der Waals surface area contributed by atoms with Gasteiger partial charge in [0.25, 0.3) is 0 Å². The van der Waals surface area contributed by atoms with E-state index in [1.54, 1.807) is 0 Å². The topological polar surface area (TPSA) is 63.6 Å². The number of carbonyl (C=O) groups excluding carboxylic acids is 1. The summed E-state index contributed by atoms with van der Waals surface area (Å²) in [6.45, 7) is 7.27. The minimum Gasteiger partial charge on any atom is -0.598 e. The lowest BCUT2D eigenvalue weighted by atomic mass is 9.67. The number of piperidine rings is 1. The van der Waals surface area contributed by atoms with Crippen LogP contribution in [0.3, 0.4) is 0 Å². The van der Waals surface area contributed by atoms with Crippen molar-refractivity contribution in [2.24, 2.45) is 5.41 Å². The Labute approximate surface area is 176 Å². The highest BCUT2D eigenvalue weighted by atomic mass is 32.2. The maximum Gasteiger partial charge on any atom is 0.167 e. The molecule has 2 fully saturated rings. The van der Waals surface area contributed by atoms with Gasteiger partial charge in [-0.15, -0.1) is 10.2 Å². The molecular formula is C24H29NO3S. The molecule has 154 valence electrons. The summed E-state index contributed by atoms with van der Waals surface area (Å²) in [5.41, 5.74) is 4.04. The average Bonchev–Trinajstić information content (AvgIpc) is 3.49. The molecule has 4 rings (SSSR count). The zero-order valence-corrected chi connectivity index (χ0v) is 18.3. The first kappa shape index (κ1) is 20.5. The second-order valence-electron chi connectivity index (χ2n) is 8.86. The summed E-state index contributed by atoms with van der Waals surface area (Å²) in [6.07, 6.45) is 4.77. The smallest absolute Gasteiger partial charge is 0.167 e. The highest BCUT2D eigenvalue weighted by Crippen LogP contribution is 2.48. The Balaban J connectivity index is 1.57. The van der Waals surface area contributed by atoms with E-state index in [1.807, 2.05) is 32.9 Å². The number of Topliss-reactive ketones (excluding diaryl/α,β-unsaturated/α-hetero) is 1. The van der Waals surface area contributed by atoms with Crippen molar-refractivity contribution in [2.45, 2.75) is 64.5 Å². The van der Waals surface area contributed by atoms with E-state index >= 15 is 0 Å². The lowest BCUT2D eigenvalue weighted by molar-refractivity contribution is -0.117. The first-order valence-corrected chi connectivity index (χ1v) is 11.7. The fourth-order valence-corrected chi connectivity index (χ4v) is 6.43. The molecule has 4 nitrogen and oxygen atoms in total. The van der Waals surface area contributed by atoms with Gasteiger partial charge in [0.1, 0.15) is 11.0 Å². The number of hydrogen-bond acceptors (Lipinski definition) is 4. The van der Waals surface area contributed by atoms with Gasteiger partial charge in [-0.1, -0.05) is 5.92 Å². The van der Waals surface area contributed by atoms with E-state index in [0.717, 1.165) is 61.0 Å². The zero-order chi connectivity index (χ0) is 20.8. The van der Waals surface area contributed by atoms with E-state index in [0.29, 0.717) is 23.7 Å². The second kappa shape index (κ2) is 7.83. The molecule has 1 saturated carbocycles. The van der Waals surface area contributed by atoms with Crippen molar-refractivity contribution in [1.29, 1.82) is 0 Å². The predicted octanol–water partition coefficient (Wildman–Crippen LogP) is 4.22. The number of aliphatic hydroxyl groups excluding tert-OH is 1. The van der Waals surface area contributed by atoms with Crippen molar-refractivity contribution in [2.75, 3.05) is 13.1 Å².